The minimum atomic E-state index is -0.691. The van der Waals surface area contributed by atoms with Crippen molar-refractivity contribution in [1.82, 2.24) is 0 Å². The molecule has 0 aromatic rings. The Labute approximate surface area is 182 Å². The lowest BCUT2D eigenvalue weighted by Gasteiger charge is -2.63. The van der Waals surface area contributed by atoms with Crippen LogP contribution in [0.25, 0.3) is 0 Å². The van der Waals surface area contributed by atoms with Gasteiger partial charge in [0.25, 0.3) is 0 Å². The van der Waals surface area contributed by atoms with Crippen LogP contribution in [-0.4, -0.2) is 33.5 Å². The fraction of sp³-hybridized carbons (Fsp3) is 0.885. The van der Waals surface area contributed by atoms with Gasteiger partial charge < -0.3 is 15.3 Å². The number of fused-ring (bicyclic) bond motifs is 5. The van der Waals surface area contributed by atoms with Gasteiger partial charge in [-0.3, -0.25) is 4.79 Å². The second-order valence-electron chi connectivity index (χ2n) is 11.6. The predicted molar refractivity (Wildman–Crippen MR) is 118 cm³/mol. The molecule has 0 heterocycles. The number of rotatable bonds is 4. The van der Waals surface area contributed by atoms with Crippen LogP contribution in [0.2, 0.25) is 0 Å². The van der Waals surface area contributed by atoms with Crippen molar-refractivity contribution in [3.8, 4) is 0 Å². The molecular formula is C26H42O4. The second kappa shape index (κ2) is 7.92. The van der Waals surface area contributed by atoms with Crippen molar-refractivity contribution < 1.29 is 20.1 Å². The van der Waals surface area contributed by atoms with E-state index in [1.165, 1.54) is 18.4 Å². The molecule has 4 nitrogen and oxygen atoms in total. The molecule has 0 saturated heterocycles. The first kappa shape index (κ1) is 22.3. The summed E-state index contributed by atoms with van der Waals surface area (Å²) in [6.45, 7) is 9.21. The highest BCUT2D eigenvalue weighted by Gasteiger charge is 2.63. The molecule has 4 fully saturated rings. The van der Waals surface area contributed by atoms with Gasteiger partial charge in [-0.2, -0.15) is 0 Å². The van der Waals surface area contributed by atoms with Crippen molar-refractivity contribution in [2.75, 3.05) is 0 Å². The van der Waals surface area contributed by atoms with Crippen LogP contribution >= 0.6 is 0 Å². The van der Waals surface area contributed by atoms with E-state index in [2.05, 4.69) is 33.8 Å². The molecule has 0 aliphatic heterocycles. The van der Waals surface area contributed by atoms with Gasteiger partial charge in [0.2, 0.25) is 0 Å². The van der Waals surface area contributed by atoms with E-state index >= 15 is 0 Å². The maximum atomic E-state index is 11.6. The first-order valence-electron chi connectivity index (χ1n) is 12.4. The molecule has 30 heavy (non-hydrogen) atoms. The summed E-state index contributed by atoms with van der Waals surface area (Å²) < 4.78 is 0. The molecule has 0 radical (unpaired) electrons. The van der Waals surface area contributed by atoms with Crippen LogP contribution in [-0.2, 0) is 4.79 Å². The average Bonchev–Trinajstić information content (AvgIpc) is 3.05. The fourth-order valence-electron chi connectivity index (χ4n) is 9.00. The third-order valence-corrected chi connectivity index (χ3v) is 10.5. The number of hydrogen-bond donors (Lipinski definition) is 3. The zero-order valence-corrected chi connectivity index (χ0v) is 19.3. The van der Waals surface area contributed by atoms with E-state index in [-0.39, 0.29) is 29.5 Å². The average molecular weight is 419 g/mol. The van der Waals surface area contributed by atoms with Gasteiger partial charge in [-0.25, -0.2) is 0 Å². The Balaban J connectivity index is 1.63. The van der Waals surface area contributed by atoms with Crippen LogP contribution in [0.5, 0.6) is 0 Å². The monoisotopic (exact) mass is 418 g/mol. The van der Waals surface area contributed by atoms with E-state index in [1.54, 1.807) is 0 Å². The van der Waals surface area contributed by atoms with Gasteiger partial charge >= 0.3 is 5.97 Å². The minimum Gasteiger partial charge on any atom is -0.481 e. The Kier molecular flexibility index (Phi) is 5.89. The molecule has 10 atom stereocenters. The Bertz CT molecular complexity index is 701. The molecule has 0 amide bonds. The fourth-order valence-corrected chi connectivity index (χ4v) is 9.00. The molecule has 4 heteroatoms. The quantitative estimate of drug-likeness (QED) is 0.559. The smallest absolute Gasteiger partial charge is 0.303 e. The zero-order valence-electron chi connectivity index (χ0n) is 19.3. The lowest BCUT2D eigenvalue weighted by atomic mass is 9.42. The Morgan fingerprint density at radius 3 is 2.43 bits per heavy atom. The number of aliphatic carboxylic acids is 1. The standard InChI is InChI=1S/C26H42O4/c1-5-17-21-14-16(27)10-12-26(21,4)20-11-13-25(3)18(15(2)6-9-22(28)29)7-8-19(25)23(20)24(17)30/h5,15-16,18-21,23-24,27,30H,6-14H2,1-4H3,(H,28,29)/b17-5-/t15-,16-,18-,19+,20?,21+,23+,24-,25-,26-/m1/s1. The zero-order chi connectivity index (χ0) is 21.8. The summed E-state index contributed by atoms with van der Waals surface area (Å²) in [7, 11) is 0. The van der Waals surface area contributed by atoms with Crippen molar-refractivity contribution in [3.05, 3.63) is 11.6 Å². The van der Waals surface area contributed by atoms with Crippen LogP contribution in [0, 0.1) is 46.3 Å². The first-order chi connectivity index (χ1) is 14.1. The van der Waals surface area contributed by atoms with Gasteiger partial charge in [-0.05, 0) is 110 Å². The van der Waals surface area contributed by atoms with Crippen molar-refractivity contribution in [1.29, 1.82) is 0 Å². The number of carbonyl (C=O) groups is 1. The lowest BCUT2D eigenvalue weighted by Crippen LogP contribution is -2.59. The molecule has 4 aliphatic rings. The summed E-state index contributed by atoms with van der Waals surface area (Å²) >= 11 is 0. The molecule has 4 aliphatic carbocycles. The molecule has 4 rings (SSSR count). The van der Waals surface area contributed by atoms with Crippen LogP contribution in [0.15, 0.2) is 11.6 Å². The van der Waals surface area contributed by atoms with Crippen LogP contribution in [0.4, 0.5) is 0 Å². The van der Waals surface area contributed by atoms with E-state index in [4.69, 9.17) is 5.11 Å². The number of carboxylic acid groups (broad SMARTS) is 1. The van der Waals surface area contributed by atoms with Crippen LogP contribution in [0.1, 0.15) is 85.5 Å². The maximum absolute atomic E-state index is 11.6. The summed E-state index contributed by atoms with van der Waals surface area (Å²) in [6, 6.07) is 0. The molecule has 0 aromatic carbocycles. The molecule has 4 saturated carbocycles. The summed E-state index contributed by atoms with van der Waals surface area (Å²) in [5, 5.41) is 31.2. The highest BCUT2D eigenvalue weighted by atomic mass is 16.4. The van der Waals surface area contributed by atoms with E-state index in [1.807, 2.05) is 0 Å². The van der Waals surface area contributed by atoms with E-state index in [0.29, 0.717) is 35.5 Å². The predicted octanol–water partition coefficient (Wildman–Crippen LogP) is 5.03. The Morgan fingerprint density at radius 1 is 1.10 bits per heavy atom. The molecule has 1 unspecified atom stereocenters. The van der Waals surface area contributed by atoms with Gasteiger partial charge in [0.05, 0.1) is 12.2 Å². The summed E-state index contributed by atoms with van der Waals surface area (Å²) in [5.74, 6) is 1.94. The Hall–Kier alpha value is -0.870. The first-order valence-corrected chi connectivity index (χ1v) is 12.4. The van der Waals surface area contributed by atoms with Gasteiger partial charge in [-0.1, -0.05) is 26.8 Å². The summed E-state index contributed by atoms with van der Waals surface area (Å²) in [5.41, 5.74) is 1.57. The molecule has 170 valence electrons. The lowest BCUT2D eigenvalue weighted by molar-refractivity contribution is -0.147. The molecule has 0 spiro atoms. The van der Waals surface area contributed by atoms with Crippen LogP contribution < -0.4 is 0 Å². The molecule has 0 bridgehead atoms. The van der Waals surface area contributed by atoms with Gasteiger partial charge in [-0.15, -0.1) is 0 Å². The van der Waals surface area contributed by atoms with Crippen molar-refractivity contribution in [3.63, 3.8) is 0 Å². The summed E-state index contributed by atoms with van der Waals surface area (Å²) in [4.78, 5) is 11.1. The van der Waals surface area contributed by atoms with E-state index < -0.39 is 5.97 Å². The Morgan fingerprint density at radius 2 is 1.77 bits per heavy atom. The third-order valence-electron chi connectivity index (χ3n) is 10.5. The number of hydrogen-bond acceptors (Lipinski definition) is 3. The third kappa shape index (κ3) is 3.28. The largest absolute Gasteiger partial charge is 0.481 e. The molecular weight excluding hydrogens is 376 g/mol. The van der Waals surface area contributed by atoms with Crippen molar-refractivity contribution >= 4 is 5.97 Å². The maximum Gasteiger partial charge on any atom is 0.303 e. The molecule has 0 aromatic heterocycles. The van der Waals surface area contributed by atoms with Crippen molar-refractivity contribution in [2.24, 2.45) is 46.3 Å². The van der Waals surface area contributed by atoms with Crippen molar-refractivity contribution in [2.45, 2.75) is 97.7 Å². The van der Waals surface area contributed by atoms with Gasteiger partial charge in [0.1, 0.15) is 0 Å². The highest BCUT2D eigenvalue weighted by Crippen LogP contribution is 2.69. The van der Waals surface area contributed by atoms with E-state index in [0.717, 1.165) is 38.5 Å². The normalized spacial score (nSPS) is 50.5. The minimum absolute atomic E-state index is 0.180. The van der Waals surface area contributed by atoms with Crippen LogP contribution in [0.3, 0.4) is 0 Å². The number of aliphatic hydroxyl groups is 2. The summed E-state index contributed by atoms with van der Waals surface area (Å²) in [6.07, 6.45) is 9.99. The van der Waals surface area contributed by atoms with Gasteiger partial charge in [0.15, 0.2) is 0 Å². The van der Waals surface area contributed by atoms with Gasteiger partial charge in [0, 0.05) is 6.42 Å². The number of aliphatic hydroxyl groups excluding tert-OH is 2. The number of carboxylic acids is 1. The second-order valence-corrected chi connectivity index (χ2v) is 11.6. The number of allylic oxidation sites excluding steroid dienone is 1. The SMILES string of the molecule is C/C=C1\[C@@H](O)[C@@H]2C(CC[C@]3(C)[C@@H]([C@H](C)CCC(=O)O)CC[C@@H]23)[C@@]2(C)CC[C@@H](O)C[C@@H]12. The van der Waals surface area contributed by atoms with E-state index in [9.17, 15) is 15.0 Å². The highest BCUT2D eigenvalue weighted by molar-refractivity contribution is 5.66. The molecule has 3 N–H and O–H groups in total. The topological polar surface area (TPSA) is 77.8 Å².